The lowest BCUT2D eigenvalue weighted by molar-refractivity contribution is 0.376. The first-order valence-electron chi connectivity index (χ1n) is 7.14. The van der Waals surface area contributed by atoms with E-state index in [0.717, 1.165) is 24.6 Å². The number of ether oxygens (including phenoxy) is 2. The Hall–Kier alpha value is -1.22. The van der Waals surface area contributed by atoms with Crippen LogP contribution >= 0.6 is 0 Å². The van der Waals surface area contributed by atoms with E-state index in [-0.39, 0.29) is 0 Å². The summed E-state index contributed by atoms with van der Waals surface area (Å²) in [4.78, 5) is 0. The zero-order valence-electron chi connectivity index (χ0n) is 12.5. The van der Waals surface area contributed by atoms with Crippen LogP contribution in [0.5, 0.6) is 11.5 Å². The number of hydrogen-bond donors (Lipinski definition) is 1. The summed E-state index contributed by atoms with van der Waals surface area (Å²) in [6.07, 6.45) is 2.36. The van der Waals surface area contributed by atoms with E-state index in [0.29, 0.717) is 11.8 Å². The second-order valence-corrected chi connectivity index (χ2v) is 5.52. The highest BCUT2D eigenvalue weighted by molar-refractivity contribution is 5.49. The Labute approximate surface area is 116 Å². The van der Waals surface area contributed by atoms with Crippen molar-refractivity contribution in [2.24, 2.45) is 0 Å². The van der Waals surface area contributed by atoms with Crippen molar-refractivity contribution in [3.63, 3.8) is 0 Å². The fraction of sp³-hybridized carbons (Fsp3) is 0.625. The average molecular weight is 263 g/mol. The van der Waals surface area contributed by atoms with Gasteiger partial charge in [-0.2, -0.15) is 0 Å². The lowest BCUT2D eigenvalue weighted by atomic mass is 9.86. The van der Waals surface area contributed by atoms with E-state index >= 15 is 0 Å². The predicted molar refractivity (Wildman–Crippen MR) is 78.5 cm³/mol. The molecule has 1 N–H and O–H groups in total. The normalized spacial score (nSPS) is 16.7. The molecule has 1 saturated heterocycles. The van der Waals surface area contributed by atoms with Gasteiger partial charge in [0.15, 0.2) is 0 Å². The summed E-state index contributed by atoms with van der Waals surface area (Å²) in [5.41, 5.74) is 2.62. The fourth-order valence-electron chi connectivity index (χ4n) is 2.85. The molecule has 1 aromatic carbocycles. The molecule has 0 aliphatic carbocycles. The Morgan fingerprint density at radius 2 is 1.68 bits per heavy atom. The third kappa shape index (κ3) is 3.03. The number of nitrogens with one attached hydrogen (secondary N) is 1. The molecular weight excluding hydrogens is 238 g/mol. The Balaban J connectivity index is 2.42. The summed E-state index contributed by atoms with van der Waals surface area (Å²) < 4.78 is 11.1. The first-order chi connectivity index (χ1) is 9.17. The molecule has 3 heteroatoms. The van der Waals surface area contributed by atoms with E-state index < -0.39 is 0 Å². The maximum Gasteiger partial charge on any atom is 0.126 e. The second-order valence-electron chi connectivity index (χ2n) is 5.52. The summed E-state index contributed by atoms with van der Waals surface area (Å²) >= 11 is 0. The lowest BCUT2D eigenvalue weighted by Crippen LogP contribution is -2.27. The van der Waals surface area contributed by atoms with E-state index in [2.05, 4.69) is 25.2 Å². The predicted octanol–water partition coefficient (Wildman–Crippen LogP) is 3.29. The van der Waals surface area contributed by atoms with Crippen molar-refractivity contribution in [2.75, 3.05) is 27.3 Å². The molecule has 0 saturated carbocycles. The third-order valence-corrected chi connectivity index (χ3v) is 3.98. The Morgan fingerprint density at radius 3 is 2.21 bits per heavy atom. The van der Waals surface area contributed by atoms with E-state index in [1.54, 1.807) is 14.2 Å². The van der Waals surface area contributed by atoms with Gasteiger partial charge in [0.1, 0.15) is 11.5 Å². The van der Waals surface area contributed by atoms with E-state index in [4.69, 9.17) is 9.47 Å². The van der Waals surface area contributed by atoms with Gasteiger partial charge >= 0.3 is 0 Å². The van der Waals surface area contributed by atoms with Crippen molar-refractivity contribution in [1.29, 1.82) is 0 Å². The highest BCUT2D eigenvalue weighted by Crippen LogP contribution is 2.39. The quantitative estimate of drug-likeness (QED) is 0.904. The van der Waals surface area contributed by atoms with Crippen molar-refractivity contribution in [2.45, 2.75) is 38.5 Å². The number of methoxy groups -OCH3 is 2. The molecule has 0 spiro atoms. The van der Waals surface area contributed by atoms with Crippen LogP contribution in [0.1, 0.15) is 49.7 Å². The largest absolute Gasteiger partial charge is 0.496 e. The molecule has 1 aliphatic heterocycles. The molecule has 0 aromatic heterocycles. The van der Waals surface area contributed by atoms with Gasteiger partial charge in [-0.15, -0.1) is 0 Å². The molecule has 0 bridgehead atoms. The monoisotopic (exact) mass is 263 g/mol. The average Bonchev–Trinajstić information content (AvgIpc) is 2.46. The van der Waals surface area contributed by atoms with Crippen molar-refractivity contribution >= 4 is 0 Å². The van der Waals surface area contributed by atoms with Gasteiger partial charge in [-0.05, 0) is 55.0 Å². The van der Waals surface area contributed by atoms with Crippen molar-refractivity contribution in [3.05, 3.63) is 23.3 Å². The molecular formula is C16H25NO2. The van der Waals surface area contributed by atoms with Crippen LogP contribution < -0.4 is 14.8 Å². The second kappa shape index (κ2) is 6.29. The number of piperidine rings is 1. The van der Waals surface area contributed by atoms with E-state index in [9.17, 15) is 0 Å². The fourth-order valence-corrected chi connectivity index (χ4v) is 2.85. The van der Waals surface area contributed by atoms with Gasteiger partial charge < -0.3 is 14.8 Å². The molecule has 0 atom stereocenters. The minimum absolute atomic E-state index is 0.460. The zero-order chi connectivity index (χ0) is 13.8. The van der Waals surface area contributed by atoms with Gasteiger partial charge in [0.2, 0.25) is 0 Å². The first kappa shape index (κ1) is 14.2. The van der Waals surface area contributed by atoms with Crippen LogP contribution in [0, 0.1) is 0 Å². The molecule has 0 amide bonds. The van der Waals surface area contributed by atoms with Crippen LogP contribution in [-0.2, 0) is 0 Å². The third-order valence-electron chi connectivity index (χ3n) is 3.98. The van der Waals surface area contributed by atoms with Crippen LogP contribution in [0.4, 0.5) is 0 Å². The summed E-state index contributed by atoms with van der Waals surface area (Å²) in [5, 5.41) is 3.42. The number of benzene rings is 1. The van der Waals surface area contributed by atoms with E-state index in [1.807, 2.05) is 6.07 Å². The summed E-state index contributed by atoms with van der Waals surface area (Å²) in [5.74, 6) is 2.96. The highest BCUT2D eigenvalue weighted by Gasteiger charge is 2.22. The molecule has 1 aromatic rings. The van der Waals surface area contributed by atoms with Gasteiger partial charge in [-0.25, -0.2) is 0 Å². The zero-order valence-corrected chi connectivity index (χ0v) is 12.5. The van der Waals surface area contributed by atoms with Crippen LogP contribution in [0.15, 0.2) is 12.1 Å². The van der Waals surface area contributed by atoms with E-state index in [1.165, 1.54) is 24.0 Å². The molecule has 3 nitrogen and oxygen atoms in total. The maximum absolute atomic E-state index is 5.58. The smallest absolute Gasteiger partial charge is 0.126 e. The SMILES string of the molecule is COc1cc(OC)c(C2CCNCC2)cc1C(C)C. The van der Waals surface area contributed by atoms with Crippen LogP contribution in [0.3, 0.4) is 0 Å². The Kier molecular flexibility index (Phi) is 4.70. The standard InChI is InChI=1S/C16H25NO2/c1-11(2)13-9-14(12-5-7-17-8-6-12)16(19-4)10-15(13)18-3/h9-12,17H,5-8H2,1-4H3. The van der Waals surface area contributed by atoms with Crippen molar-refractivity contribution < 1.29 is 9.47 Å². The Bertz CT molecular complexity index is 423. The molecule has 2 rings (SSSR count). The van der Waals surface area contributed by atoms with Crippen molar-refractivity contribution in [3.8, 4) is 11.5 Å². The van der Waals surface area contributed by atoms with Gasteiger partial charge in [-0.3, -0.25) is 0 Å². The molecule has 106 valence electrons. The summed E-state index contributed by atoms with van der Waals surface area (Å²) in [6, 6.07) is 4.34. The summed E-state index contributed by atoms with van der Waals surface area (Å²) in [7, 11) is 3.47. The van der Waals surface area contributed by atoms with Crippen LogP contribution in [-0.4, -0.2) is 27.3 Å². The van der Waals surface area contributed by atoms with Crippen LogP contribution in [0.25, 0.3) is 0 Å². The van der Waals surface area contributed by atoms with Gasteiger partial charge in [0.05, 0.1) is 14.2 Å². The molecule has 0 unspecified atom stereocenters. The Morgan fingerprint density at radius 1 is 1.05 bits per heavy atom. The minimum Gasteiger partial charge on any atom is -0.496 e. The highest BCUT2D eigenvalue weighted by atomic mass is 16.5. The van der Waals surface area contributed by atoms with Gasteiger partial charge in [0, 0.05) is 6.07 Å². The topological polar surface area (TPSA) is 30.5 Å². The van der Waals surface area contributed by atoms with Gasteiger partial charge in [0.25, 0.3) is 0 Å². The first-order valence-corrected chi connectivity index (χ1v) is 7.14. The van der Waals surface area contributed by atoms with Crippen molar-refractivity contribution in [1.82, 2.24) is 5.32 Å². The molecule has 1 fully saturated rings. The van der Waals surface area contributed by atoms with Gasteiger partial charge in [-0.1, -0.05) is 13.8 Å². The lowest BCUT2D eigenvalue weighted by Gasteiger charge is -2.26. The summed E-state index contributed by atoms with van der Waals surface area (Å²) in [6.45, 7) is 6.60. The molecule has 19 heavy (non-hydrogen) atoms. The number of hydrogen-bond acceptors (Lipinski definition) is 3. The maximum atomic E-state index is 5.58. The molecule has 1 heterocycles. The molecule has 0 radical (unpaired) electrons. The van der Waals surface area contributed by atoms with Crippen LogP contribution in [0.2, 0.25) is 0 Å². The minimum atomic E-state index is 0.460. The molecule has 1 aliphatic rings. The number of rotatable bonds is 4.